The molecule has 0 radical (unpaired) electrons. The van der Waals surface area contributed by atoms with Crippen LogP contribution in [0.2, 0.25) is 0 Å². The quantitative estimate of drug-likeness (QED) is 0.536. The molecule has 0 spiro atoms. The maximum absolute atomic E-state index is 12.6. The van der Waals surface area contributed by atoms with Crippen molar-refractivity contribution in [3.05, 3.63) is 72.7 Å². The number of aromatic amines is 1. The van der Waals surface area contributed by atoms with E-state index in [0.29, 0.717) is 11.4 Å². The summed E-state index contributed by atoms with van der Waals surface area (Å²) in [5.41, 5.74) is 10.1. The molecule has 0 fully saturated rings. The van der Waals surface area contributed by atoms with Gasteiger partial charge in [-0.3, -0.25) is 14.9 Å². The molecule has 4 N–H and O–H groups in total. The highest BCUT2D eigenvalue weighted by atomic mass is 16.1. The lowest BCUT2D eigenvalue weighted by Crippen LogP contribution is -2.12. The van der Waals surface area contributed by atoms with Crippen LogP contribution < -0.4 is 11.1 Å². The van der Waals surface area contributed by atoms with E-state index in [-0.39, 0.29) is 5.91 Å². The highest BCUT2D eigenvalue weighted by Gasteiger charge is 2.15. The number of para-hydroxylation sites is 1. The van der Waals surface area contributed by atoms with Crippen LogP contribution in [0.25, 0.3) is 22.0 Å². The lowest BCUT2D eigenvalue weighted by atomic mass is 10.0. The number of aromatic nitrogens is 3. The number of nitrogens with two attached hydrogens (primary N) is 1. The van der Waals surface area contributed by atoms with Crippen LogP contribution in [0, 0.1) is 0 Å². The van der Waals surface area contributed by atoms with Gasteiger partial charge in [0, 0.05) is 29.0 Å². The minimum Gasteiger partial charge on any atom is -0.397 e. The number of carbonyl (C=O) groups excluding carboxylic acids is 1. The second kappa shape index (κ2) is 6.09. The van der Waals surface area contributed by atoms with Gasteiger partial charge in [-0.15, -0.1) is 0 Å². The van der Waals surface area contributed by atoms with Crippen molar-refractivity contribution in [2.45, 2.75) is 0 Å². The smallest absolute Gasteiger partial charge is 0.276 e. The van der Waals surface area contributed by atoms with Crippen molar-refractivity contribution in [2.24, 2.45) is 0 Å². The van der Waals surface area contributed by atoms with Crippen LogP contribution in [0.3, 0.4) is 0 Å². The number of pyridine rings is 1. The van der Waals surface area contributed by atoms with E-state index in [4.69, 9.17) is 5.73 Å². The number of nitrogens with one attached hydrogen (secondary N) is 2. The van der Waals surface area contributed by atoms with E-state index in [0.717, 1.165) is 27.7 Å². The fourth-order valence-electron chi connectivity index (χ4n) is 2.69. The summed E-state index contributed by atoms with van der Waals surface area (Å²) in [4.78, 5) is 16.7. The first-order valence-corrected chi connectivity index (χ1v) is 7.76. The molecule has 0 saturated carbocycles. The molecule has 0 atom stereocenters. The minimum atomic E-state index is -0.264. The summed E-state index contributed by atoms with van der Waals surface area (Å²) >= 11 is 0. The standard InChI is InChI=1S/C19H15N5O/c20-14-8-13(10-21-11-14)12-6-7-17-16(9-12)18(24-23-17)19(25)22-15-4-2-1-3-5-15/h1-11H,20H2,(H,22,25)(H,23,24). The number of hydrogen-bond acceptors (Lipinski definition) is 4. The Morgan fingerprint density at radius 3 is 2.64 bits per heavy atom. The van der Waals surface area contributed by atoms with E-state index in [2.05, 4.69) is 20.5 Å². The van der Waals surface area contributed by atoms with Gasteiger partial charge in [-0.05, 0) is 35.9 Å². The number of benzene rings is 2. The van der Waals surface area contributed by atoms with Gasteiger partial charge in [0.15, 0.2) is 5.69 Å². The van der Waals surface area contributed by atoms with Gasteiger partial charge in [-0.25, -0.2) is 0 Å². The Kier molecular flexibility index (Phi) is 3.63. The van der Waals surface area contributed by atoms with Crippen LogP contribution in [0.5, 0.6) is 0 Å². The van der Waals surface area contributed by atoms with Gasteiger partial charge >= 0.3 is 0 Å². The van der Waals surface area contributed by atoms with Gasteiger partial charge in [0.2, 0.25) is 0 Å². The summed E-state index contributed by atoms with van der Waals surface area (Å²) < 4.78 is 0. The Labute approximate surface area is 143 Å². The number of H-pyrrole nitrogens is 1. The molecular weight excluding hydrogens is 314 g/mol. The number of rotatable bonds is 3. The van der Waals surface area contributed by atoms with E-state index in [9.17, 15) is 4.79 Å². The number of carbonyl (C=O) groups is 1. The maximum atomic E-state index is 12.6. The Balaban J connectivity index is 1.73. The number of amides is 1. The van der Waals surface area contributed by atoms with E-state index in [1.165, 1.54) is 0 Å². The molecule has 6 heteroatoms. The van der Waals surface area contributed by atoms with Crippen molar-refractivity contribution in [3.8, 4) is 11.1 Å². The molecular formula is C19H15N5O. The Morgan fingerprint density at radius 1 is 1.00 bits per heavy atom. The van der Waals surface area contributed by atoms with Crippen LogP contribution in [0.4, 0.5) is 11.4 Å². The number of fused-ring (bicyclic) bond motifs is 1. The van der Waals surface area contributed by atoms with Crippen LogP contribution in [-0.2, 0) is 0 Å². The third-order valence-corrected chi connectivity index (χ3v) is 3.90. The first-order valence-electron chi connectivity index (χ1n) is 7.76. The Morgan fingerprint density at radius 2 is 1.84 bits per heavy atom. The third-order valence-electron chi connectivity index (χ3n) is 3.90. The van der Waals surface area contributed by atoms with Gasteiger partial charge in [0.1, 0.15) is 0 Å². The SMILES string of the molecule is Nc1cncc(-c2ccc3[nH]nc(C(=O)Nc4ccccc4)c3c2)c1. The summed E-state index contributed by atoms with van der Waals surface area (Å²) in [6.45, 7) is 0. The lowest BCUT2D eigenvalue weighted by Gasteiger charge is -2.05. The zero-order valence-corrected chi connectivity index (χ0v) is 13.2. The molecule has 0 aliphatic rings. The molecule has 0 saturated heterocycles. The number of hydrogen-bond donors (Lipinski definition) is 3. The van der Waals surface area contributed by atoms with E-state index in [1.807, 2.05) is 54.6 Å². The van der Waals surface area contributed by atoms with Crippen molar-refractivity contribution in [1.29, 1.82) is 0 Å². The predicted molar refractivity (Wildman–Crippen MR) is 98.1 cm³/mol. The fraction of sp³-hybridized carbons (Fsp3) is 0. The van der Waals surface area contributed by atoms with Crippen LogP contribution >= 0.6 is 0 Å². The highest BCUT2D eigenvalue weighted by molar-refractivity contribution is 6.11. The average Bonchev–Trinajstić information content (AvgIpc) is 3.06. The number of nitrogens with zero attached hydrogens (tertiary/aromatic N) is 2. The second-order valence-electron chi connectivity index (χ2n) is 5.66. The molecule has 122 valence electrons. The van der Waals surface area contributed by atoms with Gasteiger partial charge in [0.05, 0.1) is 11.2 Å². The first-order chi connectivity index (χ1) is 12.2. The molecule has 4 rings (SSSR count). The van der Waals surface area contributed by atoms with Gasteiger partial charge in [-0.2, -0.15) is 5.10 Å². The van der Waals surface area contributed by atoms with Crippen molar-refractivity contribution >= 4 is 28.2 Å². The summed E-state index contributed by atoms with van der Waals surface area (Å²) in [6.07, 6.45) is 3.33. The molecule has 0 aliphatic carbocycles. The first kappa shape index (κ1) is 14.9. The molecule has 25 heavy (non-hydrogen) atoms. The molecule has 0 unspecified atom stereocenters. The van der Waals surface area contributed by atoms with Crippen molar-refractivity contribution in [1.82, 2.24) is 15.2 Å². The lowest BCUT2D eigenvalue weighted by molar-refractivity contribution is 0.102. The minimum absolute atomic E-state index is 0.264. The molecule has 0 aliphatic heterocycles. The Hall–Kier alpha value is -3.67. The largest absolute Gasteiger partial charge is 0.397 e. The summed E-state index contributed by atoms with van der Waals surface area (Å²) in [5, 5.41) is 10.7. The molecule has 6 nitrogen and oxygen atoms in total. The molecule has 2 heterocycles. The second-order valence-corrected chi connectivity index (χ2v) is 5.66. The van der Waals surface area contributed by atoms with E-state index >= 15 is 0 Å². The molecule has 2 aromatic carbocycles. The summed E-state index contributed by atoms with van der Waals surface area (Å²) in [6, 6.07) is 16.9. The van der Waals surface area contributed by atoms with Crippen LogP contribution in [-0.4, -0.2) is 21.1 Å². The van der Waals surface area contributed by atoms with E-state index in [1.54, 1.807) is 12.4 Å². The van der Waals surface area contributed by atoms with Crippen LogP contribution in [0.1, 0.15) is 10.5 Å². The number of nitrogen functional groups attached to an aromatic ring is 1. The van der Waals surface area contributed by atoms with Crippen LogP contribution in [0.15, 0.2) is 67.0 Å². The molecule has 2 aromatic heterocycles. The van der Waals surface area contributed by atoms with Crippen molar-refractivity contribution < 1.29 is 4.79 Å². The molecule has 0 bridgehead atoms. The normalized spacial score (nSPS) is 10.7. The van der Waals surface area contributed by atoms with Gasteiger partial charge in [-0.1, -0.05) is 24.3 Å². The Bertz CT molecular complexity index is 1060. The highest BCUT2D eigenvalue weighted by Crippen LogP contribution is 2.26. The zero-order chi connectivity index (χ0) is 17.2. The summed E-state index contributed by atoms with van der Waals surface area (Å²) in [5.74, 6) is -0.264. The summed E-state index contributed by atoms with van der Waals surface area (Å²) in [7, 11) is 0. The van der Waals surface area contributed by atoms with Crippen molar-refractivity contribution in [2.75, 3.05) is 11.1 Å². The molecule has 1 amide bonds. The van der Waals surface area contributed by atoms with Gasteiger partial charge in [0.25, 0.3) is 5.91 Å². The average molecular weight is 329 g/mol. The molecule has 4 aromatic rings. The predicted octanol–water partition coefficient (Wildman–Crippen LogP) is 3.46. The number of anilines is 2. The van der Waals surface area contributed by atoms with Crippen molar-refractivity contribution in [3.63, 3.8) is 0 Å². The third kappa shape index (κ3) is 2.92. The maximum Gasteiger partial charge on any atom is 0.276 e. The fourth-order valence-corrected chi connectivity index (χ4v) is 2.69. The van der Waals surface area contributed by atoms with Gasteiger partial charge < -0.3 is 11.1 Å². The topological polar surface area (TPSA) is 96.7 Å². The van der Waals surface area contributed by atoms with E-state index < -0.39 is 0 Å². The monoisotopic (exact) mass is 329 g/mol. The zero-order valence-electron chi connectivity index (χ0n) is 13.2.